The highest BCUT2D eigenvalue weighted by atomic mass is 19.1. The molecule has 3 heterocycles. The van der Waals surface area contributed by atoms with E-state index in [-0.39, 0.29) is 5.75 Å². The second kappa shape index (κ2) is 5.20. The highest BCUT2D eigenvalue weighted by Crippen LogP contribution is 2.35. The van der Waals surface area contributed by atoms with Gasteiger partial charge in [-0.2, -0.15) is 10.2 Å². The van der Waals surface area contributed by atoms with Gasteiger partial charge in [0.25, 0.3) is 0 Å². The number of aryl methyl sites for hydroxylation is 1. The van der Waals surface area contributed by atoms with Gasteiger partial charge in [-0.25, -0.2) is 9.37 Å². The Morgan fingerprint density at radius 3 is 2.83 bits per heavy atom. The third-order valence-electron chi connectivity index (χ3n) is 3.47. The van der Waals surface area contributed by atoms with Gasteiger partial charge in [-0.05, 0) is 18.2 Å². The maximum atomic E-state index is 13.9. The van der Waals surface area contributed by atoms with E-state index in [4.69, 9.17) is 4.74 Å². The molecule has 0 bridgehead atoms. The summed E-state index contributed by atoms with van der Waals surface area (Å²) in [6.45, 7) is 0. The van der Waals surface area contributed by atoms with Gasteiger partial charge < -0.3 is 4.74 Å². The van der Waals surface area contributed by atoms with Crippen LogP contribution in [-0.4, -0.2) is 25.0 Å². The van der Waals surface area contributed by atoms with Crippen molar-refractivity contribution in [3.63, 3.8) is 0 Å². The minimum atomic E-state index is -0.427. The predicted molar refractivity (Wildman–Crippen MR) is 82.6 cm³/mol. The van der Waals surface area contributed by atoms with Crippen molar-refractivity contribution < 1.29 is 9.13 Å². The van der Waals surface area contributed by atoms with Crippen LogP contribution in [0.25, 0.3) is 22.3 Å². The van der Waals surface area contributed by atoms with Gasteiger partial charge in [0.1, 0.15) is 5.75 Å². The van der Waals surface area contributed by atoms with Crippen molar-refractivity contribution in [2.75, 3.05) is 0 Å². The fourth-order valence-corrected chi connectivity index (χ4v) is 2.41. The summed E-state index contributed by atoms with van der Waals surface area (Å²) in [6, 6.07) is 7.94. The summed E-state index contributed by atoms with van der Waals surface area (Å²) >= 11 is 0. The molecular weight excluding hydrogens is 297 g/mol. The number of hydrogen-bond acceptors (Lipinski definition) is 4. The van der Waals surface area contributed by atoms with E-state index in [0.29, 0.717) is 16.8 Å². The number of benzene rings is 1. The van der Waals surface area contributed by atoms with Crippen molar-refractivity contribution in [3.05, 3.63) is 54.7 Å². The predicted octanol–water partition coefficient (Wildman–Crippen LogP) is 3.29. The van der Waals surface area contributed by atoms with E-state index in [1.165, 1.54) is 6.07 Å². The zero-order chi connectivity index (χ0) is 15.8. The largest absolute Gasteiger partial charge is 0.453 e. The summed E-state index contributed by atoms with van der Waals surface area (Å²) in [5, 5.41) is 12.0. The molecule has 1 aromatic carbocycles. The standard InChI is InChI=1S/C16H12FN5O/c1-22-9-10(8-19-22)15-14-13(6-7-18-16(14)21-20-15)23-12-5-3-2-4-11(12)17/h2-9H,1H3,(H,18,20,21). The van der Waals surface area contributed by atoms with E-state index in [0.717, 1.165) is 11.3 Å². The first-order valence-electron chi connectivity index (χ1n) is 6.97. The van der Waals surface area contributed by atoms with Gasteiger partial charge in [0.15, 0.2) is 17.2 Å². The van der Waals surface area contributed by atoms with E-state index < -0.39 is 5.82 Å². The average Bonchev–Trinajstić information content (AvgIpc) is 3.16. The Hall–Kier alpha value is -3.22. The lowest BCUT2D eigenvalue weighted by Crippen LogP contribution is -1.90. The maximum Gasteiger partial charge on any atom is 0.185 e. The van der Waals surface area contributed by atoms with E-state index in [1.54, 1.807) is 41.3 Å². The Bertz CT molecular complexity index is 991. The molecule has 0 saturated carbocycles. The molecule has 1 N–H and O–H groups in total. The topological polar surface area (TPSA) is 68.6 Å². The van der Waals surface area contributed by atoms with Crippen molar-refractivity contribution in [1.82, 2.24) is 25.0 Å². The summed E-state index contributed by atoms with van der Waals surface area (Å²) in [4.78, 5) is 4.22. The summed E-state index contributed by atoms with van der Waals surface area (Å²) in [7, 11) is 1.83. The van der Waals surface area contributed by atoms with Gasteiger partial charge in [0.2, 0.25) is 0 Å². The molecule has 0 amide bonds. The average molecular weight is 309 g/mol. The Kier molecular flexibility index (Phi) is 3.04. The Morgan fingerprint density at radius 1 is 1.17 bits per heavy atom. The fourth-order valence-electron chi connectivity index (χ4n) is 2.41. The molecule has 6 nitrogen and oxygen atoms in total. The summed E-state index contributed by atoms with van der Waals surface area (Å²) in [5.41, 5.74) is 2.08. The van der Waals surface area contributed by atoms with E-state index >= 15 is 0 Å². The minimum Gasteiger partial charge on any atom is -0.453 e. The smallest absolute Gasteiger partial charge is 0.185 e. The van der Waals surface area contributed by atoms with Crippen LogP contribution in [0.15, 0.2) is 48.9 Å². The number of hydrogen-bond donors (Lipinski definition) is 1. The van der Waals surface area contributed by atoms with Crippen molar-refractivity contribution in [2.45, 2.75) is 0 Å². The first kappa shape index (κ1) is 13.4. The molecule has 0 aliphatic heterocycles. The number of para-hydroxylation sites is 1. The molecule has 0 aliphatic carbocycles. The quantitative estimate of drug-likeness (QED) is 0.630. The molecule has 0 saturated heterocycles. The van der Waals surface area contributed by atoms with Crippen LogP contribution in [0.5, 0.6) is 11.5 Å². The number of H-pyrrole nitrogens is 1. The number of rotatable bonds is 3. The Balaban J connectivity index is 1.87. The third kappa shape index (κ3) is 2.32. The lowest BCUT2D eigenvalue weighted by molar-refractivity contribution is 0.446. The SMILES string of the molecule is Cn1cc(-c2[nH]nc3nccc(Oc4ccccc4F)c23)cn1. The van der Waals surface area contributed by atoms with Gasteiger partial charge in [-0.15, -0.1) is 0 Å². The van der Waals surface area contributed by atoms with Crippen LogP contribution in [0.3, 0.4) is 0 Å². The number of pyridine rings is 1. The number of halogens is 1. The second-order valence-corrected chi connectivity index (χ2v) is 5.04. The zero-order valence-electron chi connectivity index (χ0n) is 12.2. The molecule has 3 aromatic heterocycles. The van der Waals surface area contributed by atoms with Gasteiger partial charge in [-0.3, -0.25) is 9.78 Å². The molecule has 0 fully saturated rings. The molecule has 4 aromatic rings. The van der Waals surface area contributed by atoms with Gasteiger partial charge in [0.05, 0.1) is 17.3 Å². The maximum absolute atomic E-state index is 13.9. The van der Waals surface area contributed by atoms with Crippen LogP contribution < -0.4 is 4.74 Å². The van der Waals surface area contributed by atoms with Crippen molar-refractivity contribution in [2.24, 2.45) is 7.05 Å². The first-order valence-corrected chi connectivity index (χ1v) is 6.97. The highest BCUT2D eigenvalue weighted by molar-refractivity contribution is 5.95. The molecule has 114 valence electrons. The molecule has 0 unspecified atom stereocenters. The summed E-state index contributed by atoms with van der Waals surface area (Å²) in [6.07, 6.45) is 5.14. The minimum absolute atomic E-state index is 0.151. The van der Waals surface area contributed by atoms with Gasteiger partial charge in [0, 0.05) is 25.0 Å². The van der Waals surface area contributed by atoms with Crippen molar-refractivity contribution in [3.8, 4) is 22.8 Å². The van der Waals surface area contributed by atoms with Crippen molar-refractivity contribution in [1.29, 1.82) is 0 Å². The number of nitrogens with zero attached hydrogens (tertiary/aromatic N) is 4. The lowest BCUT2D eigenvalue weighted by Gasteiger charge is -2.08. The molecule has 0 spiro atoms. The summed E-state index contributed by atoms with van der Waals surface area (Å²) < 4.78 is 21.3. The molecule has 0 aliphatic rings. The van der Waals surface area contributed by atoms with Crippen LogP contribution in [0.1, 0.15) is 0 Å². The molecule has 7 heteroatoms. The number of aromatic amines is 1. The highest BCUT2D eigenvalue weighted by Gasteiger charge is 2.16. The summed E-state index contributed by atoms with van der Waals surface area (Å²) in [5.74, 6) is 0.204. The molecule has 23 heavy (non-hydrogen) atoms. The van der Waals surface area contributed by atoms with Crippen molar-refractivity contribution >= 4 is 11.0 Å². The Labute approximate surface area is 130 Å². The van der Waals surface area contributed by atoms with Gasteiger partial charge >= 0.3 is 0 Å². The van der Waals surface area contributed by atoms with Crippen LogP contribution in [-0.2, 0) is 7.05 Å². The van der Waals surface area contributed by atoms with Crippen LogP contribution in [0, 0.1) is 5.82 Å². The first-order chi connectivity index (χ1) is 11.2. The van der Waals surface area contributed by atoms with Crippen LogP contribution in [0.4, 0.5) is 4.39 Å². The molecule has 0 atom stereocenters. The lowest BCUT2D eigenvalue weighted by atomic mass is 10.1. The van der Waals surface area contributed by atoms with Crippen LogP contribution in [0.2, 0.25) is 0 Å². The third-order valence-corrected chi connectivity index (χ3v) is 3.47. The Morgan fingerprint density at radius 2 is 2.04 bits per heavy atom. The number of fused-ring (bicyclic) bond motifs is 1. The van der Waals surface area contributed by atoms with Gasteiger partial charge in [-0.1, -0.05) is 12.1 Å². The second-order valence-electron chi connectivity index (χ2n) is 5.04. The normalized spacial score (nSPS) is 11.0. The fraction of sp³-hybridized carbons (Fsp3) is 0.0625. The van der Waals surface area contributed by atoms with E-state index in [1.807, 2.05) is 13.2 Å². The number of nitrogens with one attached hydrogen (secondary N) is 1. The van der Waals surface area contributed by atoms with E-state index in [9.17, 15) is 4.39 Å². The van der Waals surface area contributed by atoms with E-state index in [2.05, 4.69) is 20.3 Å². The molecular formula is C16H12FN5O. The van der Waals surface area contributed by atoms with Crippen LogP contribution >= 0.6 is 0 Å². The molecule has 0 radical (unpaired) electrons. The zero-order valence-corrected chi connectivity index (χ0v) is 12.2. The molecule has 4 rings (SSSR count). The monoisotopic (exact) mass is 309 g/mol. The number of aromatic nitrogens is 5. The number of ether oxygens (including phenoxy) is 1.